The lowest BCUT2D eigenvalue weighted by Crippen LogP contribution is -2.52. The lowest BCUT2D eigenvalue weighted by Gasteiger charge is -2.40. The number of hydrogen-bond acceptors (Lipinski definition) is 4. The Morgan fingerprint density at radius 1 is 1.33 bits per heavy atom. The van der Waals surface area contributed by atoms with Gasteiger partial charge >= 0.3 is 0 Å². The maximum absolute atomic E-state index is 5.54. The fourth-order valence-corrected chi connectivity index (χ4v) is 3.16. The molecule has 118 valence electrons. The molecule has 4 nitrogen and oxygen atoms in total. The van der Waals surface area contributed by atoms with Gasteiger partial charge in [-0.25, -0.2) is 0 Å². The monoisotopic (exact) mass is 291 g/mol. The molecule has 0 aliphatic carbocycles. The van der Waals surface area contributed by atoms with E-state index in [0.29, 0.717) is 12.1 Å². The molecular formula is C17H29N3O. The van der Waals surface area contributed by atoms with Crippen LogP contribution in [-0.4, -0.2) is 62.7 Å². The smallest absolute Gasteiger partial charge is 0.123 e. The van der Waals surface area contributed by atoms with Crippen LogP contribution in [0.5, 0.6) is 5.75 Å². The molecule has 1 aromatic carbocycles. The van der Waals surface area contributed by atoms with Crippen LogP contribution in [0.1, 0.15) is 25.5 Å². The Labute approximate surface area is 129 Å². The highest BCUT2D eigenvalue weighted by atomic mass is 16.5. The van der Waals surface area contributed by atoms with Crippen LogP contribution in [0.2, 0.25) is 0 Å². The molecule has 0 radical (unpaired) electrons. The van der Waals surface area contributed by atoms with E-state index in [-0.39, 0.29) is 0 Å². The molecule has 1 fully saturated rings. The zero-order valence-corrected chi connectivity index (χ0v) is 13.8. The summed E-state index contributed by atoms with van der Waals surface area (Å²) in [5.74, 6) is 0.977. The Morgan fingerprint density at radius 3 is 2.76 bits per heavy atom. The molecule has 1 aromatic rings. The lowest BCUT2D eigenvalue weighted by atomic mass is 10.0. The summed E-state index contributed by atoms with van der Waals surface area (Å²) in [4.78, 5) is 4.99. The first kappa shape index (κ1) is 16.3. The SMILES string of the molecule is CCNC(CN1CCN(C)CC1C)c1ccccc1OC. The van der Waals surface area contributed by atoms with E-state index in [4.69, 9.17) is 4.74 Å². The molecule has 1 aliphatic heterocycles. The summed E-state index contributed by atoms with van der Waals surface area (Å²) in [6.45, 7) is 9.90. The molecule has 0 spiro atoms. The third kappa shape index (κ3) is 4.19. The summed E-state index contributed by atoms with van der Waals surface area (Å²) in [6.07, 6.45) is 0. The Hall–Kier alpha value is -1.10. The van der Waals surface area contributed by atoms with Gasteiger partial charge in [0.15, 0.2) is 0 Å². The van der Waals surface area contributed by atoms with Crippen LogP contribution >= 0.6 is 0 Å². The van der Waals surface area contributed by atoms with E-state index in [0.717, 1.165) is 38.5 Å². The zero-order chi connectivity index (χ0) is 15.2. The zero-order valence-electron chi connectivity index (χ0n) is 13.8. The predicted octanol–water partition coefficient (Wildman–Crippen LogP) is 1.98. The average molecular weight is 291 g/mol. The van der Waals surface area contributed by atoms with Crippen molar-refractivity contribution < 1.29 is 4.74 Å². The highest BCUT2D eigenvalue weighted by molar-refractivity contribution is 5.36. The molecule has 1 heterocycles. The van der Waals surface area contributed by atoms with Crippen molar-refractivity contribution in [1.29, 1.82) is 0 Å². The Morgan fingerprint density at radius 2 is 2.10 bits per heavy atom. The number of nitrogens with zero attached hydrogens (tertiary/aromatic N) is 2. The predicted molar refractivity (Wildman–Crippen MR) is 87.9 cm³/mol. The molecule has 0 aromatic heterocycles. The van der Waals surface area contributed by atoms with Crippen molar-refractivity contribution in [2.24, 2.45) is 0 Å². The number of nitrogens with one attached hydrogen (secondary N) is 1. The van der Waals surface area contributed by atoms with Crippen LogP contribution in [0.25, 0.3) is 0 Å². The van der Waals surface area contributed by atoms with Crippen LogP contribution in [-0.2, 0) is 0 Å². The standard InChI is InChI=1S/C17H29N3O/c1-5-18-16(15-8-6-7-9-17(15)21-4)13-20-11-10-19(3)12-14(20)2/h6-9,14,16,18H,5,10-13H2,1-4H3. The van der Waals surface area contributed by atoms with Gasteiger partial charge in [-0.2, -0.15) is 0 Å². The van der Waals surface area contributed by atoms with Gasteiger partial charge in [-0.15, -0.1) is 0 Å². The molecule has 2 unspecified atom stereocenters. The van der Waals surface area contributed by atoms with Gasteiger partial charge in [0.2, 0.25) is 0 Å². The first-order valence-electron chi connectivity index (χ1n) is 7.94. The summed E-state index contributed by atoms with van der Waals surface area (Å²) in [5.41, 5.74) is 1.26. The minimum Gasteiger partial charge on any atom is -0.496 e. The Balaban J connectivity index is 2.12. The topological polar surface area (TPSA) is 27.7 Å². The normalized spacial score (nSPS) is 22.2. The van der Waals surface area contributed by atoms with Crippen molar-refractivity contribution >= 4 is 0 Å². The largest absolute Gasteiger partial charge is 0.496 e. The molecule has 2 rings (SSSR count). The maximum atomic E-state index is 5.54. The minimum absolute atomic E-state index is 0.317. The number of methoxy groups -OCH3 is 1. The summed E-state index contributed by atoms with van der Waals surface area (Å²) in [7, 11) is 3.95. The first-order chi connectivity index (χ1) is 10.2. The molecule has 0 amide bonds. The number of hydrogen-bond donors (Lipinski definition) is 1. The van der Waals surface area contributed by atoms with Crippen LogP contribution in [0.4, 0.5) is 0 Å². The van der Waals surface area contributed by atoms with Gasteiger partial charge in [0.05, 0.1) is 7.11 Å². The van der Waals surface area contributed by atoms with Gasteiger partial charge in [-0.05, 0) is 26.6 Å². The number of piperazine rings is 1. The van der Waals surface area contributed by atoms with Gasteiger partial charge in [0.1, 0.15) is 5.75 Å². The van der Waals surface area contributed by atoms with Crippen LogP contribution in [0.15, 0.2) is 24.3 Å². The average Bonchev–Trinajstić information content (AvgIpc) is 2.49. The molecule has 0 saturated carbocycles. The number of para-hydroxylation sites is 1. The summed E-state index contributed by atoms with van der Waals surface area (Å²) in [5, 5.41) is 3.62. The van der Waals surface area contributed by atoms with E-state index in [2.05, 4.69) is 48.1 Å². The molecule has 2 atom stereocenters. The van der Waals surface area contributed by atoms with Gasteiger partial charge < -0.3 is 15.0 Å². The van der Waals surface area contributed by atoms with Crippen molar-refractivity contribution in [2.45, 2.75) is 25.9 Å². The summed E-state index contributed by atoms with van der Waals surface area (Å²) >= 11 is 0. The second kappa shape index (κ2) is 7.78. The van der Waals surface area contributed by atoms with Crippen molar-refractivity contribution in [1.82, 2.24) is 15.1 Å². The Bertz CT molecular complexity index is 438. The van der Waals surface area contributed by atoms with E-state index in [1.165, 1.54) is 5.56 Å². The third-order valence-corrected chi connectivity index (χ3v) is 4.35. The fraction of sp³-hybridized carbons (Fsp3) is 0.647. The first-order valence-corrected chi connectivity index (χ1v) is 7.94. The second-order valence-electron chi connectivity index (χ2n) is 5.96. The van der Waals surface area contributed by atoms with Crippen molar-refractivity contribution in [3.8, 4) is 5.75 Å². The molecule has 4 heteroatoms. The van der Waals surface area contributed by atoms with Crippen LogP contribution in [0.3, 0.4) is 0 Å². The number of benzene rings is 1. The highest BCUT2D eigenvalue weighted by Crippen LogP contribution is 2.26. The van der Waals surface area contributed by atoms with Gasteiger partial charge in [0.25, 0.3) is 0 Å². The van der Waals surface area contributed by atoms with Crippen LogP contribution in [0, 0.1) is 0 Å². The number of ether oxygens (including phenoxy) is 1. The molecule has 1 saturated heterocycles. The maximum Gasteiger partial charge on any atom is 0.123 e. The van der Waals surface area contributed by atoms with Gasteiger partial charge in [0, 0.05) is 43.8 Å². The lowest BCUT2D eigenvalue weighted by molar-refractivity contribution is 0.0902. The number of likely N-dealkylation sites (N-methyl/N-ethyl adjacent to an activating group) is 2. The third-order valence-electron chi connectivity index (χ3n) is 4.35. The molecular weight excluding hydrogens is 262 g/mol. The van der Waals surface area contributed by atoms with Gasteiger partial charge in [-0.3, -0.25) is 4.90 Å². The van der Waals surface area contributed by atoms with Gasteiger partial charge in [-0.1, -0.05) is 25.1 Å². The van der Waals surface area contributed by atoms with E-state index >= 15 is 0 Å². The minimum atomic E-state index is 0.317. The molecule has 1 aliphatic rings. The summed E-state index contributed by atoms with van der Waals surface area (Å²) in [6, 6.07) is 9.26. The molecule has 1 N–H and O–H groups in total. The van der Waals surface area contributed by atoms with Crippen molar-refractivity contribution in [3.63, 3.8) is 0 Å². The van der Waals surface area contributed by atoms with E-state index in [9.17, 15) is 0 Å². The van der Waals surface area contributed by atoms with E-state index in [1.54, 1.807) is 7.11 Å². The second-order valence-corrected chi connectivity index (χ2v) is 5.96. The number of rotatable bonds is 6. The quantitative estimate of drug-likeness (QED) is 0.867. The fourth-order valence-electron chi connectivity index (χ4n) is 3.16. The van der Waals surface area contributed by atoms with E-state index < -0.39 is 0 Å². The van der Waals surface area contributed by atoms with Crippen molar-refractivity contribution in [3.05, 3.63) is 29.8 Å². The van der Waals surface area contributed by atoms with Crippen molar-refractivity contribution in [2.75, 3.05) is 46.9 Å². The highest BCUT2D eigenvalue weighted by Gasteiger charge is 2.25. The molecule has 0 bridgehead atoms. The molecule has 21 heavy (non-hydrogen) atoms. The Kier molecular flexibility index (Phi) is 6.03. The van der Waals surface area contributed by atoms with Crippen LogP contribution < -0.4 is 10.1 Å². The summed E-state index contributed by atoms with van der Waals surface area (Å²) < 4.78 is 5.54. The van der Waals surface area contributed by atoms with E-state index in [1.807, 2.05) is 12.1 Å².